The van der Waals surface area contributed by atoms with Crippen molar-refractivity contribution in [1.29, 1.82) is 0 Å². The molecule has 1 aromatic rings. The molecule has 0 saturated heterocycles. The topological polar surface area (TPSA) is 54.9 Å². The van der Waals surface area contributed by atoms with Gasteiger partial charge in [0.25, 0.3) is 0 Å². The Morgan fingerprint density at radius 1 is 1.30 bits per heavy atom. The minimum atomic E-state index is -0.196. The fourth-order valence-electron chi connectivity index (χ4n) is 4.07. The van der Waals surface area contributed by atoms with Crippen molar-refractivity contribution in [3.8, 4) is 5.75 Å². The maximum absolute atomic E-state index is 6.14. The molecular formula is C21H34IN3O2. The van der Waals surface area contributed by atoms with Gasteiger partial charge in [0.05, 0.1) is 6.04 Å². The number of benzene rings is 1. The Kier molecular flexibility index (Phi) is 7.80. The zero-order chi connectivity index (χ0) is 18.6. The van der Waals surface area contributed by atoms with Gasteiger partial charge < -0.3 is 20.1 Å². The quantitative estimate of drug-likeness (QED) is 0.358. The van der Waals surface area contributed by atoms with E-state index in [2.05, 4.69) is 47.7 Å². The maximum Gasteiger partial charge on any atom is 0.191 e. The second-order valence-electron chi connectivity index (χ2n) is 8.32. The molecule has 0 spiro atoms. The van der Waals surface area contributed by atoms with Crippen LogP contribution in [0.5, 0.6) is 5.75 Å². The summed E-state index contributed by atoms with van der Waals surface area (Å²) in [5.74, 6) is 1.83. The first-order chi connectivity index (χ1) is 12.5. The number of fused-ring (bicyclic) bond motifs is 1. The molecule has 6 heteroatoms. The number of nitrogens with one attached hydrogen (secondary N) is 2. The molecule has 5 nitrogen and oxygen atoms in total. The molecule has 152 valence electrons. The molecule has 0 radical (unpaired) electrons. The normalized spacial score (nSPS) is 22.5. The van der Waals surface area contributed by atoms with Gasteiger partial charge in [0.1, 0.15) is 11.4 Å². The first kappa shape index (κ1) is 22.3. The minimum absolute atomic E-state index is 0. The van der Waals surface area contributed by atoms with Crippen molar-refractivity contribution in [2.45, 2.75) is 57.6 Å². The molecule has 1 aromatic carbocycles. The third-order valence-corrected chi connectivity index (χ3v) is 5.79. The Labute approximate surface area is 180 Å². The van der Waals surface area contributed by atoms with E-state index in [1.54, 1.807) is 7.11 Å². The minimum Gasteiger partial charge on any atom is -0.487 e. The predicted octanol–water partition coefficient (Wildman–Crippen LogP) is 4.28. The lowest BCUT2D eigenvalue weighted by atomic mass is 9.67. The van der Waals surface area contributed by atoms with Crippen LogP contribution in [0.3, 0.4) is 0 Å². The third kappa shape index (κ3) is 5.50. The molecule has 0 aromatic heterocycles. The summed E-state index contributed by atoms with van der Waals surface area (Å²) in [5.41, 5.74) is 1.37. The number of aliphatic imine (C=N–C) groups is 1. The van der Waals surface area contributed by atoms with Crippen LogP contribution < -0.4 is 15.4 Å². The fraction of sp³-hybridized carbons (Fsp3) is 0.667. The molecule has 1 atom stereocenters. The molecule has 2 N–H and O–H groups in total. The highest BCUT2D eigenvalue weighted by atomic mass is 127. The predicted molar refractivity (Wildman–Crippen MR) is 121 cm³/mol. The zero-order valence-corrected chi connectivity index (χ0v) is 19.3. The Morgan fingerprint density at radius 2 is 2.04 bits per heavy atom. The monoisotopic (exact) mass is 487 g/mol. The number of guanidine groups is 1. The number of rotatable bonds is 6. The van der Waals surface area contributed by atoms with Gasteiger partial charge in [0.15, 0.2) is 5.96 Å². The van der Waals surface area contributed by atoms with E-state index in [9.17, 15) is 0 Å². The lowest BCUT2D eigenvalue weighted by Crippen LogP contribution is -2.49. The van der Waals surface area contributed by atoms with Gasteiger partial charge in [0, 0.05) is 39.3 Å². The van der Waals surface area contributed by atoms with Crippen molar-refractivity contribution in [2.24, 2.45) is 10.4 Å². The Hall–Kier alpha value is -1.02. The van der Waals surface area contributed by atoms with Crippen LogP contribution in [-0.4, -0.2) is 38.9 Å². The van der Waals surface area contributed by atoms with Crippen molar-refractivity contribution in [3.63, 3.8) is 0 Å². The smallest absolute Gasteiger partial charge is 0.191 e. The molecule has 0 bridgehead atoms. The van der Waals surface area contributed by atoms with Crippen molar-refractivity contribution in [2.75, 3.05) is 27.3 Å². The molecule has 1 heterocycles. The molecule has 27 heavy (non-hydrogen) atoms. The van der Waals surface area contributed by atoms with E-state index in [1.165, 1.54) is 24.8 Å². The summed E-state index contributed by atoms with van der Waals surface area (Å²) in [5, 5.41) is 7.19. The van der Waals surface area contributed by atoms with Gasteiger partial charge in [-0.15, -0.1) is 24.0 Å². The van der Waals surface area contributed by atoms with Crippen LogP contribution in [0, 0.1) is 5.41 Å². The summed E-state index contributed by atoms with van der Waals surface area (Å²) in [6.07, 6.45) is 5.88. The highest BCUT2D eigenvalue weighted by Gasteiger charge is 2.37. The Morgan fingerprint density at radius 3 is 2.67 bits per heavy atom. The van der Waals surface area contributed by atoms with Gasteiger partial charge in [-0.25, -0.2) is 0 Å². The van der Waals surface area contributed by atoms with Crippen LogP contribution in [0.15, 0.2) is 29.3 Å². The summed E-state index contributed by atoms with van der Waals surface area (Å²) in [7, 11) is 3.62. The number of hydrogen-bond donors (Lipinski definition) is 2. The number of hydrogen-bond acceptors (Lipinski definition) is 3. The van der Waals surface area contributed by atoms with Crippen LogP contribution in [0.1, 0.15) is 57.6 Å². The summed E-state index contributed by atoms with van der Waals surface area (Å²) >= 11 is 0. The number of methoxy groups -OCH3 is 1. The van der Waals surface area contributed by atoms with Gasteiger partial charge in [-0.05, 0) is 44.6 Å². The van der Waals surface area contributed by atoms with Crippen molar-refractivity contribution in [1.82, 2.24) is 10.6 Å². The lowest BCUT2D eigenvalue weighted by molar-refractivity contribution is 0.0676. The van der Waals surface area contributed by atoms with Gasteiger partial charge in [-0.3, -0.25) is 4.99 Å². The van der Waals surface area contributed by atoms with E-state index in [4.69, 9.17) is 9.47 Å². The van der Waals surface area contributed by atoms with E-state index in [0.717, 1.165) is 37.7 Å². The van der Waals surface area contributed by atoms with Crippen LogP contribution in [0.4, 0.5) is 0 Å². The molecule has 1 saturated carbocycles. The number of ether oxygens (including phenoxy) is 2. The first-order valence-electron chi connectivity index (χ1n) is 9.71. The van der Waals surface area contributed by atoms with Gasteiger partial charge in [-0.2, -0.15) is 0 Å². The average Bonchev–Trinajstić information content (AvgIpc) is 2.58. The maximum atomic E-state index is 6.14. The van der Waals surface area contributed by atoms with E-state index in [-0.39, 0.29) is 35.6 Å². The SMILES string of the molecule is CN=C(NCC1(CCOC)CCC1)NC1CC(C)(C)Oc2ccccc21.I. The fourth-order valence-corrected chi connectivity index (χ4v) is 4.07. The number of nitrogens with zero attached hydrogens (tertiary/aromatic N) is 1. The average molecular weight is 487 g/mol. The summed E-state index contributed by atoms with van der Waals surface area (Å²) in [6, 6.07) is 8.48. The van der Waals surface area contributed by atoms with Gasteiger partial charge in [0.2, 0.25) is 0 Å². The number of halogens is 1. The van der Waals surface area contributed by atoms with Crippen LogP contribution >= 0.6 is 24.0 Å². The largest absolute Gasteiger partial charge is 0.487 e. The van der Waals surface area contributed by atoms with Crippen LogP contribution in [0.2, 0.25) is 0 Å². The lowest BCUT2D eigenvalue weighted by Gasteiger charge is -2.43. The summed E-state index contributed by atoms with van der Waals surface area (Å²) in [6.45, 7) is 6.06. The van der Waals surface area contributed by atoms with E-state index < -0.39 is 0 Å². The molecule has 1 fully saturated rings. The zero-order valence-electron chi connectivity index (χ0n) is 17.0. The second-order valence-corrected chi connectivity index (χ2v) is 8.32. The third-order valence-electron chi connectivity index (χ3n) is 5.79. The van der Waals surface area contributed by atoms with Crippen LogP contribution in [0.25, 0.3) is 0 Å². The molecule has 1 unspecified atom stereocenters. The molecule has 0 amide bonds. The molecular weight excluding hydrogens is 453 g/mol. The second kappa shape index (κ2) is 9.45. The standard InChI is InChI=1S/C21H33N3O2.HI/c1-20(2)14-17(16-8-5-6-9-18(16)26-20)24-19(22-3)23-15-21(10-7-11-21)12-13-25-4;/h5-6,8-9,17H,7,10-15H2,1-4H3,(H2,22,23,24);1H. The molecule has 2 aliphatic rings. The number of para-hydroxylation sites is 1. The van der Waals surface area contributed by atoms with Crippen molar-refractivity contribution < 1.29 is 9.47 Å². The first-order valence-corrected chi connectivity index (χ1v) is 9.71. The van der Waals surface area contributed by atoms with Gasteiger partial charge >= 0.3 is 0 Å². The highest BCUT2D eigenvalue weighted by Crippen LogP contribution is 2.43. The Balaban J connectivity index is 0.00000261. The van der Waals surface area contributed by atoms with Crippen molar-refractivity contribution >= 4 is 29.9 Å². The highest BCUT2D eigenvalue weighted by molar-refractivity contribution is 14.0. The van der Waals surface area contributed by atoms with E-state index >= 15 is 0 Å². The van der Waals surface area contributed by atoms with E-state index in [1.807, 2.05) is 13.1 Å². The molecule has 1 aliphatic heterocycles. The van der Waals surface area contributed by atoms with Crippen LogP contribution in [-0.2, 0) is 4.74 Å². The van der Waals surface area contributed by atoms with E-state index in [0.29, 0.717) is 5.41 Å². The molecule has 3 rings (SSSR count). The summed E-state index contributed by atoms with van der Waals surface area (Å²) in [4.78, 5) is 4.47. The van der Waals surface area contributed by atoms with Crippen molar-refractivity contribution in [3.05, 3.63) is 29.8 Å². The van der Waals surface area contributed by atoms with Gasteiger partial charge in [-0.1, -0.05) is 24.6 Å². The Bertz CT molecular complexity index is 644. The summed E-state index contributed by atoms with van der Waals surface area (Å²) < 4.78 is 11.4. The molecule has 1 aliphatic carbocycles.